The second-order valence-corrected chi connectivity index (χ2v) is 11.3. The quantitative estimate of drug-likeness (QED) is 0.132. The van der Waals surface area contributed by atoms with Crippen LogP contribution in [0.3, 0.4) is 0 Å². The number of aliphatic hydroxyl groups is 7. The molecule has 39 heavy (non-hydrogen) atoms. The van der Waals surface area contributed by atoms with Crippen molar-refractivity contribution in [3.8, 4) is 0 Å². The van der Waals surface area contributed by atoms with Crippen molar-refractivity contribution in [1.82, 2.24) is 5.32 Å². The molecule has 12 N–H and O–H groups in total. The maximum Gasteiger partial charge on any atom is 0.253 e. The third-order valence-corrected chi connectivity index (χ3v) is 8.46. The highest BCUT2D eigenvalue weighted by Gasteiger charge is 2.59. The van der Waals surface area contributed by atoms with E-state index in [4.69, 9.17) is 30.4 Å². The number of hydrogen-bond acceptors (Lipinski definition) is 14. The largest absolute Gasteiger partial charge is 0.394 e. The fraction of sp³-hybridized carbons (Fsp3) is 0.958. The van der Waals surface area contributed by atoms with E-state index in [-0.39, 0.29) is 19.3 Å². The maximum atomic E-state index is 12.8. The first-order valence-corrected chi connectivity index (χ1v) is 13.5. The lowest BCUT2D eigenvalue weighted by Gasteiger charge is -2.48. The van der Waals surface area contributed by atoms with Gasteiger partial charge in [0.2, 0.25) is 0 Å². The predicted octanol–water partition coefficient (Wildman–Crippen LogP) is -4.88. The van der Waals surface area contributed by atoms with Crippen LogP contribution in [0.1, 0.15) is 39.5 Å². The molecule has 4 aliphatic rings. The third kappa shape index (κ3) is 6.11. The summed E-state index contributed by atoms with van der Waals surface area (Å²) in [4.78, 5) is 12.8. The molecule has 0 spiro atoms. The van der Waals surface area contributed by atoms with Crippen molar-refractivity contribution in [2.45, 2.75) is 131 Å². The lowest BCUT2D eigenvalue weighted by atomic mass is 9.83. The number of nitrogens with one attached hydrogen (secondary N) is 1. The zero-order valence-electron chi connectivity index (χ0n) is 22.0. The Kier molecular flexibility index (Phi) is 9.55. The molecule has 4 fully saturated rings. The van der Waals surface area contributed by atoms with Gasteiger partial charge in [-0.05, 0) is 12.8 Å². The lowest BCUT2D eigenvalue weighted by molar-refractivity contribution is -0.327. The van der Waals surface area contributed by atoms with Crippen LogP contribution in [0.4, 0.5) is 0 Å². The number of carbonyl (C=O) groups is 1. The summed E-state index contributed by atoms with van der Waals surface area (Å²) in [5.74, 6) is -1.37. The van der Waals surface area contributed by atoms with Crippen LogP contribution in [0.25, 0.3) is 0 Å². The average molecular weight is 566 g/mol. The Morgan fingerprint density at radius 1 is 0.949 bits per heavy atom. The molecule has 0 radical (unpaired) electrons. The average Bonchev–Trinajstić information content (AvgIpc) is 3.52. The van der Waals surface area contributed by atoms with Gasteiger partial charge in [-0.2, -0.15) is 0 Å². The molecular weight excluding hydrogens is 522 g/mol. The summed E-state index contributed by atoms with van der Waals surface area (Å²) in [6, 6.07) is -2.65. The molecule has 0 bridgehead atoms. The molecule has 2 saturated carbocycles. The maximum absolute atomic E-state index is 12.8. The molecule has 16 unspecified atom stereocenters. The summed E-state index contributed by atoms with van der Waals surface area (Å²) >= 11 is 0. The summed E-state index contributed by atoms with van der Waals surface area (Å²) < 4.78 is 23.2. The summed E-state index contributed by atoms with van der Waals surface area (Å²) in [5, 5.41) is 75.5. The number of aliphatic hydroxyl groups excluding tert-OH is 6. The third-order valence-electron chi connectivity index (χ3n) is 8.46. The number of hydrogen-bond donors (Lipinski definition) is 10. The molecule has 0 aromatic carbocycles. The van der Waals surface area contributed by atoms with Gasteiger partial charge in [0.1, 0.15) is 36.6 Å². The molecule has 0 aromatic rings. The molecule has 2 aliphatic carbocycles. The molecule has 2 saturated heterocycles. The highest BCUT2D eigenvalue weighted by atomic mass is 16.7. The number of rotatable bonds is 8. The van der Waals surface area contributed by atoms with Gasteiger partial charge in [-0.25, -0.2) is 0 Å². The van der Waals surface area contributed by atoms with Crippen molar-refractivity contribution in [3.05, 3.63) is 0 Å². The summed E-state index contributed by atoms with van der Waals surface area (Å²) in [6.07, 6.45) is -12.7. The van der Waals surface area contributed by atoms with Gasteiger partial charge in [0.15, 0.2) is 18.2 Å². The summed E-state index contributed by atoms with van der Waals surface area (Å²) in [5.41, 5.74) is 10.3. The molecule has 1 amide bonds. The van der Waals surface area contributed by atoms with Crippen LogP contribution in [-0.2, 0) is 23.7 Å². The number of nitrogens with two attached hydrogens (primary N) is 2. The first-order chi connectivity index (χ1) is 18.3. The van der Waals surface area contributed by atoms with Gasteiger partial charge >= 0.3 is 0 Å². The van der Waals surface area contributed by atoms with Gasteiger partial charge in [-0.3, -0.25) is 4.79 Å². The van der Waals surface area contributed by atoms with Crippen molar-refractivity contribution >= 4 is 5.91 Å². The first-order valence-electron chi connectivity index (χ1n) is 13.5. The second-order valence-electron chi connectivity index (χ2n) is 11.3. The van der Waals surface area contributed by atoms with Crippen LogP contribution in [-0.4, -0.2) is 140 Å². The molecule has 15 heteroatoms. The van der Waals surface area contributed by atoms with Gasteiger partial charge in [-0.15, -0.1) is 0 Å². The van der Waals surface area contributed by atoms with Crippen LogP contribution >= 0.6 is 0 Å². The van der Waals surface area contributed by atoms with Gasteiger partial charge < -0.3 is 71.5 Å². The van der Waals surface area contributed by atoms with Crippen molar-refractivity contribution in [2.75, 3.05) is 6.61 Å². The minimum Gasteiger partial charge on any atom is -0.394 e. The van der Waals surface area contributed by atoms with Crippen LogP contribution < -0.4 is 16.8 Å². The molecule has 2 heterocycles. The van der Waals surface area contributed by atoms with Crippen molar-refractivity contribution < 1.29 is 59.5 Å². The van der Waals surface area contributed by atoms with Crippen LogP contribution in [0.2, 0.25) is 0 Å². The molecule has 4 rings (SSSR count). The first kappa shape index (κ1) is 30.9. The lowest BCUT2D eigenvalue weighted by Crippen LogP contribution is -2.68. The summed E-state index contributed by atoms with van der Waals surface area (Å²) in [6.45, 7) is 2.90. The fourth-order valence-electron chi connectivity index (χ4n) is 5.60. The van der Waals surface area contributed by atoms with E-state index in [2.05, 4.69) is 5.32 Å². The Labute approximate surface area is 226 Å². The molecule has 16 atom stereocenters. The van der Waals surface area contributed by atoms with Gasteiger partial charge in [0.05, 0.1) is 31.0 Å². The normalized spacial score (nSPS) is 52.3. The van der Waals surface area contributed by atoms with E-state index >= 15 is 0 Å². The Hall–Kier alpha value is -1.05. The van der Waals surface area contributed by atoms with Crippen molar-refractivity contribution in [2.24, 2.45) is 17.4 Å². The highest BCUT2D eigenvalue weighted by molar-refractivity contribution is 5.89. The van der Waals surface area contributed by atoms with Crippen LogP contribution in [0.5, 0.6) is 0 Å². The van der Waals surface area contributed by atoms with Crippen LogP contribution in [0, 0.1) is 5.92 Å². The van der Waals surface area contributed by atoms with Gasteiger partial charge in [-0.1, -0.05) is 13.8 Å². The zero-order valence-corrected chi connectivity index (χ0v) is 22.0. The molecule has 15 nitrogen and oxygen atoms in total. The Balaban J connectivity index is 1.54. The minimum absolute atomic E-state index is 0.0173. The van der Waals surface area contributed by atoms with E-state index in [1.54, 1.807) is 13.8 Å². The van der Waals surface area contributed by atoms with E-state index < -0.39 is 110 Å². The monoisotopic (exact) mass is 565 g/mol. The van der Waals surface area contributed by atoms with E-state index in [0.717, 1.165) is 0 Å². The van der Waals surface area contributed by atoms with Crippen molar-refractivity contribution in [3.63, 3.8) is 0 Å². The minimum atomic E-state index is -1.77. The van der Waals surface area contributed by atoms with E-state index in [9.17, 15) is 40.5 Å². The standard InChI is InChI=1S/C24H43N3O12/c1-3-13-16(31)8(2)17(32)22(36-13)38-19-9(25)4-10(27-23(34)24(35)6-15(24)26)20(18(19)33)39-21-12(30)5-11(29)14(7-28)37-21/h8-22,28-33,35H,3-7,25-26H2,1-2H3,(H,27,34). The number of ether oxygens (including phenoxy) is 4. The topological polar surface area (TPSA) is 260 Å². The second kappa shape index (κ2) is 12.1. The van der Waals surface area contributed by atoms with E-state index in [0.29, 0.717) is 6.42 Å². The summed E-state index contributed by atoms with van der Waals surface area (Å²) in [7, 11) is 0. The zero-order chi connectivity index (χ0) is 28.8. The van der Waals surface area contributed by atoms with E-state index in [1.807, 2.05) is 0 Å². The SMILES string of the molecule is CCC1OC(OC2C(N)CC(NC(=O)C3(O)CC3N)C(OC3OC(CO)C(O)CC3O)C2O)C(O)C(C)C1O. The number of carbonyl (C=O) groups excluding carboxylic acids is 1. The van der Waals surface area contributed by atoms with Gasteiger partial charge in [0.25, 0.3) is 5.91 Å². The predicted molar refractivity (Wildman–Crippen MR) is 130 cm³/mol. The van der Waals surface area contributed by atoms with Gasteiger partial charge in [0, 0.05) is 30.8 Å². The fourth-order valence-corrected chi connectivity index (χ4v) is 5.60. The molecule has 2 aliphatic heterocycles. The molecule has 226 valence electrons. The molecular formula is C24H43N3O12. The van der Waals surface area contributed by atoms with Crippen LogP contribution in [0.15, 0.2) is 0 Å². The highest BCUT2D eigenvalue weighted by Crippen LogP contribution is 2.36. The Bertz CT molecular complexity index is 855. The van der Waals surface area contributed by atoms with Crippen molar-refractivity contribution in [1.29, 1.82) is 0 Å². The molecule has 0 aromatic heterocycles. The Morgan fingerprint density at radius 3 is 2.15 bits per heavy atom. The number of amides is 1. The Morgan fingerprint density at radius 2 is 1.56 bits per heavy atom. The van der Waals surface area contributed by atoms with E-state index in [1.165, 1.54) is 0 Å². The smallest absolute Gasteiger partial charge is 0.253 e.